The number of hydrogen-bond donors (Lipinski definition) is 0. The van der Waals surface area contributed by atoms with Gasteiger partial charge in [-0.3, -0.25) is 0 Å². The van der Waals surface area contributed by atoms with Gasteiger partial charge in [-0.1, -0.05) is 0 Å². The fourth-order valence-electron chi connectivity index (χ4n) is 3.98. The predicted molar refractivity (Wildman–Crippen MR) is 108 cm³/mol. The molecule has 0 unspecified atom stereocenters. The molecule has 0 bridgehead atoms. The summed E-state index contributed by atoms with van der Waals surface area (Å²) >= 11 is 0. The summed E-state index contributed by atoms with van der Waals surface area (Å²) < 4.78 is 1.86. The number of aromatic nitrogens is 6. The van der Waals surface area contributed by atoms with Gasteiger partial charge in [0.25, 0.3) is 5.78 Å². The Labute approximate surface area is 164 Å². The van der Waals surface area contributed by atoms with Gasteiger partial charge < -0.3 is 9.80 Å². The van der Waals surface area contributed by atoms with Gasteiger partial charge >= 0.3 is 0 Å². The molecular weight excluding hydrogens is 352 g/mol. The van der Waals surface area contributed by atoms with Crippen molar-refractivity contribution in [1.82, 2.24) is 29.5 Å². The molecule has 1 aliphatic carbocycles. The molecular formula is C20H26N8. The van der Waals surface area contributed by atoms with E-state index in [1.165, 1.54) is 18.4 Å². The van der Waals surface area contributed by atoms with Crippen molar-refractivity contribution >= 4 is 17.4 Å². The van der Waals surface area contributed by atoms with Gasteiger partial charge in [-0.15, -0.1) is 0 Å². The lowest BCUT2D eigenvalue weighted by molar-refractivity contribution is 0.626. The fourth-order valence-corrected chi connectivity index (χ4v) is 3.98. The van der Waals surface area contributed by atoms with E-state index in [1.807, 2.05) is 11.4 Å². The minimum atomic E-state index is 0.572. The molecule has 0 N–H and O–H groups in total. The van der Waals surface area contributed by atoms with E-state index in [4.69, 9.17) is 9.97 Å². The minimum absolute atomic E-state index is 0.572. The molecule has 1 saturated carbocycles. The summed E-state index contributed by atoms with van der Waals surface area (Å²) in [4.78, 5) is 23.3. The molecule has 5 rings (SSSR count). The van der Waals surface area contributed by atoms with E-state index in [0.29, 0.717) is 11.7 Å². The fraction of sp³-hybridized carbons (Fsp3) is 0.550. The van der Waals surface area contributed by atoms with Crippen LogP contribution in [0.25, 0.3) is 5.78 Å². The average molecular weight is 378 g/mol. The Hall–Kier alpha value is -2.77. The molecule has 3 aromatic rings. The van der Waals surface area contributed by atoms with Crippen LogP contribution in [0.3, 0.4) is 0 Å². The van der Waals surface area contributed by atoms with Gasteiger partial charge in [0.05, 0.1) is 0 Å². The highest BCUT2D eigenvalue weighted by Gasteiger charge is 2.30. The van der Waals surface area contributed by atoms with Crippen molar-refractivity contribution < 1.29 is 0 Å². The van der Waals surface area contributed by atoms with E-state index in [0.717, 1.165) is 60.6 Å². The molecule has 8 heteroatoms. The minimum Gasteiger partial charge on any atom is -0.353 e. The molecule has 8 nitrogen and oxygen atoms in total. The Morgan fingerprint density at radius 3 is 2.21 bits per heavy atom. The van der Waals surface area contributed by atoms with Gasteiger partial charge in [0.15, 0.2) is 0 Å². The van der Waals surface area contributed by atoms with E-state index >= 15 is 0 Å². The van der Waals surface area contributed by atoms with Crippen molar-refractivity contribution in [3.63, 3.8) is 0 Å². The molecule has 2 fully saturated rings. The second kappa shape index (κ2) is 6.39. The van der Waals surface area contributed by atoms with Gasteiger partial charge in [-0.25, -0.2) is 15.0 Å². The summed E-state index contributed by atoms with van der Waals surface area (Å²) in [6, 6.07) is 0. The Bertz CT molecular complexity index is 1040. The van der Waals surface area contributed by atoms with E-state index in [9.17, 15) is 0 Å². The average Bonchev–Trinajstić information content (AvgIpc) is 3.44. The van der Waals surface area contributed by atoms with Gasteiger partial charge in [-0.2, -0.15) is 14.6 Å². The number of fused-ring (bicyclic) bond motifs is 1. The first kappa shape index (κ1) is 17.3. The van der Waals surface area contributed by atoms with Crippen LogP contribution >= 0.6 is 0 Å². The van der Waals surface area contributed by atoms with E-state index < -0.39 is 0 Å². The zero-order chi connectivity index (χ0) is 19.4. The van der Waals surface area contributed by atoms with Gasteiger partial charge in [0, 0.05) is 54.6 Å². The van der Waals surface area contributed by atoms with Crippen LogP contribution in [0, 0.1) is 27.7 Å². The molecule has 1 aliphatic heterocycles. The standard InChI is InChI=1S/C20H26N8/c1-12-14(3)23-17(16-5-6-16)25-18(12)26-7-9-27(10-8-26)19-13(2)15(4)24-20-21-11-22-28(19)20/h11,16H,5-10H2,1-4H3. The predicted octanol–water partition coefficient (Wildman–Crippen LogP) is 2.35. The highest BCUT2D eigenvalue weighted by atomic mass is 15.4. The number of hydrogen-bond acceptors (Lipinski definition) is 7. The number of anilines is 2. The maximum absolute atomic E-state index is 4.95. The first-order valence-electron chi connectivity index (χ1n) is 10.0. The van der Waals surface area contributed by atoms with Crippen LogP contribution in [0.5, 0.6) is 0 Å². The van der Waals surface area contributed by atoms with Gasteiger partial charge in [0.2, 0.25) is 0 Å². The van der Waals surface area contributed by atoms with E-state index in [2.05, 4.69) is 45.6 Å². The molecule has 146 valence electrons. The van der Waals surface area contributed by atoms with Gasteiger partial charge in [-0.05, 0) is 40.5 Å². The van der Waals surface area contributed by atoms with Crippen LogP contribution in [0.1, 0.15) is 47.1 Å². The molecule has 2 aliphatic rings. The zero-order valence-corrected chi connectivity index (χ0v) is 17.0. The van der Waals surface area contributed by atoms with Crippen molar-refractivity contribution in [3.05, 3.63) is 34.7 Å². The molecule has 0 amide bonds. The molecule has 0 aromatic carbocycles. The van der Waals surface area contributed by atoms with Crippen LogP contribution in [0.15, 0.2) is 6.33 Å². The summed E-state index contributed by atoms with van der Waals surface area (Å²) in [7, 11) is 0. The first-order valence-corrected chi connectivity index (χ1v) is 10.0. The number of rotatable bonds is 3. The normalized spacial score (nSPS) is 17.6. The van der Waals surface area contributed by atoms with Crippen LogP contribution in [-0.2, 0) is 0 Å². The van der Waals surface area contributed by atoms with E-state index in [-0.39, 0.29) is 0 Å². The zero-order valence-electron chi connectivity index (χ0n) is 17.0. The molecule has 0 spiro atoms. The summed E-state index contributed by atoms with van der Waals surface area (Å²) in [6.07, 6.45) is 4.03. The van der Waals surface area contributed by atoms with E-state index in [1.54, 1.807) is 6.33 Å². The molecule has 0 radical (unpaired) electrons. The van der Waals surface area contributed by atoms with Crippen LogP contribution < -0.4 is 9.80 Å². The van der Waals surface area contributed by atoms with Gasteiger partial charge in [0.1, 0.15) is 23.8 Å². The molecule has 4 heterocycles. The number of nitrogens with zero attached hydrogens (tertiary/aromatic N) is 8. The molecule has 1 saturated heterocycles. The maximum atomic E-state index is 4.95. The highest BCUT2D eigenvalue weighted by molar-refractivity contribution is 5.56. The monoisotopic (exact) mass is 378 g/mol. The van der Waals surface area contributed by atoms with Crippen molar-refractivity contribution in [1.29, 1.82) is 0 Å². The van der Waals surface area contributed by atoms with Crippen molar-refractivity contribution in [3.8, 4) is 0 Å². The molecule has 0 atom stereocenters. The lowest BCUT2D eigenvalue weighted by Gasteiger charge is -2.38. The summed E-state index contributed by atoms with van der Waals surface area (Å²) in [5.41, 5.74) is 4.48. The Kier molecular flexibility index (Phi) is 3.96. The number of aryl methyl sites for hydroxylation is 2. The van der Waals surface area contributed by atoms with Crippen molar-refractivity contribution in [2.45, 2.75) is 46.5 Å². The summed E-state index contributed by atoms with van der Waals surface area (Å²) in [5, 5.41) is 4.40. The lowest BCUT2D eigenvalue weighted by Crippen LogP contribution is -2.48. The SMILES string of the molecule is Cc1nc(C2CC2)nc(N2CCN(c3c(C)c(C)nc4ncnn34)CC2)c1C. The third kappa shape index (κ3) is 2.78. The second-order valence-electron chi connectivity index (χ2n) is 7.98. The largest absolute Gasteiger partial charge is 0.353 e. The second-order valence-corrected chi connectivity index (χ2v) is 7.98. The van der Waals surface area contributed by atoms with Crippen LogP contribution in [0.2, 0.25) is 0 Å². The van der Waals surface area contributed by atoms with Crippen LogP contribution in [0.4, 0.5) is 11.6 Å². The van der Waals surface area contributed by atoms with Crippen LogP contribution in [-0.4, -0.2) is 55.7 Å². The lowest BCUT2D eigenvalue weighted by atomic mass is 10.2. The Balaban J connectivity index is 1.42. The first-order chi connectivity index (χ1) is 13.5. The quantitative estimate of drug-likeness (QED) is 0.692. The molecule has 28 heavy (non-hydrogen) atoms. The summed E-state index contributed by atoms with van der Waals surface area (Å²) in [6.45, 7) is 12.1. The molecule has 3 aromatic heterocycles. The third-order valence-electron chi connectivity index (χ3n) is 6.08. The van der Waals surface area contributed by atoms with Crippen molar-refractivity contribution in [2.75, 3.05) is 36.0 Å². The smallest absolute Gasteiger partial charge is 0.254 e. The Morgan fingerprint density at radius 1 is 0.821 bits per heavy atom. The topological polar surface area (TPSA) is 75.3 Å². The summed E-state index contributed by atoms with van der Waals surface area (Å²) in [5.74, 6) is 4.49. The Morgan fingerprint density at radius 2 is 1.50 bits per heavy atom. The number of piperazine rings is 1. The maximum Gasteiger partial charge on any atom is 0.254 e. The van der Waals surface area contributed by atoms with Crippen molar-refractivity contribution in [2.24, 2.45) is 0 Å². The third-order valence-corrected chi connectivity index (χ3v) is 6.08. The highest BCUT2D eigenvalue weighted by Crippen LogP contribution is 2.39.